The van der Waals surface area contributed by atoms with E-state index in [4.69, 9.17) is 9.73 Å². The van der Waals surface area contributed by atoms with Gasteiger partial charge in [0.15, 0.2) is 5.96 Å². The van der Waals surface area contributed by atoms with Gasteiger partial charge in [-0.1, -0.05) is 12.1 Å². The number of rotatable bonds is 6. The van der Waals surface area contributed by atoms with Gasteiger partial charge in [-0.25, -0.2) is 0 Å². The molecule has 2 N–H and O–H groups in total. The van der Waals surface area contributed by atoms with Crippen molar-refractivity contribution in [1.82, 2.24) is 15.1 Å². The van der Waals surface area contributed by atoms with E-state index in [0.717, 1.165) is 74.0 Å². The summed E-state index contributed by atoms with van der Waals surface area (Å²) in [5.41, 5.74) is 6.45. The van der Waals surface area contributed by atoms with Crippen molar-refractivity contribution in [2.45, 2.75) is 58.3 Å². The van der Waals surface area contributed by atoms with E-state index < -0.39 is 0 Å². The topological polar surface area (TPSA) is 69.2 Å². The zero-order valence-electron chi connectivity index (χ0n) is 21.3. The van der Waals surface area contributed by atoms with Gasteiger partial charge in [-0.05, 0) is 80.1 Å². The SMILES string of the molecule is Cc1ccc(C(=O)NC2CC2)cc1-c1ccc2c(c1)CN(C)C(=NCCN1C(C)COCC1C)N2. The third kappa shape index (κ3) is 5.36. The standard InChI is InChI=1S/C28H37N5O2/c1-18-5-6-22(27(34)30-24-8-9-24)14-25(18)21-7-10-26-23(13-21)15-32(4)28(31-26)29-11-12-33-19(2)16-35-17-20(33)3/h5-7,10,13-14,19-20,24H,8-9,11-12,15-17H2,1-4H3,(H,29,31)(H,30,34). The van der Waals surface area contributed by atoms with Gasteiger partial charge in [0.25, 0.3) is 5.91 Å². The van der Waals surface area contributed by atoms with Gasteiger partial charge >= 0.3 is 0 Å². The van der Waals surface area contributed by atoms with Gasteiger partial charge in [0.2, 0.25) is 0 Å². The van der Waals surface area contributed by atoms with Gasteiger partial charge in [-0.15, -0.1) is 0 Å². The molecular formula is C28H37N5O2. The molecule has 2 fully saturated rings. The van der Waals surface area contributed by atoms with Crippen LogP contribution in [0.3, 0.4) is 0 Å². The number of hydrogen-bond donors (Lipinski definition) is 2. The second-order valence-corrected chi connectivity index (χ2v) is 10.3. The van der Waals surface area contributed by atoms with Crippen molar-refractivity contribution >= 4 is 17.6 Å². The second-order valence-electron chi connectivity index (χ2n) is 10.3. The minimum Gasteiger partial charge on any atom is -0.378 e. The maximum atomic E-state index is 12.6. The first kappa shape index (κ1) is 23.8. The number of carbonyl (C=O) groups is 1. The number of fused-ring (bicyclic) bond motifs is 1. The highest BCUT2D eigenvalue weighted by molar-refractivity contribution is 5.97. The van der Waals surface area contributed by atoms with E-state index in [1.165, 1.54) is 11.1 Å². The van der Waals surface area contributed by atoms with Crippen molar-refractivity contribution < 1.29 is 9.53 Å². The number of morpholine rings is 1. The van der Waals surface area contributed by atoms with E-state index in [0.29, 0.717) is 18.1 Å². The van der Waals surface area contributed by atoms with E-state index in [9.17, 15) is 4.79 Å². The summed E-state index contributed by atoms with van der Waals surface area (Å²) in [6, 6.07) is 13.7. The van der Waals surface area contributed by atoms with Gasteiger partial charge in [0, 0.05) is 49.5 Å². The summed E-state index contributed by atoms with van der Waals surface area (Å²) in [5, 5.41) is 6.62. The Labute approximate surface area is 208 Å². The lowest BCUT2D eigenvalue weighted by molar-refractivity contribution is -0.0348. The molecule has 2 heterocycles. The first-order valence-electron chi connectivity index (χ1n) is 12.8. The lowest BCUT2D eigenvalue weighted by atomic mass is 9.95. The highest BCUT2D eigenvalue weighted by atomic mass is 16.5. The van der Waals surface area contributed by atoms with E-state index >= 15 is 0 Å². The molecule has 7 nitrogen and oxygen atoms in total. The van der Waals surface area contributed by atoms with E-state index in [1.54, 1.807) is 0 Å². The molecule has 0 radical (unpaired) electrons. The zero-order valence-corrected chi connectivity index (χ0v) is 21.3. The summed E-state index contributed by atoms with van der Waals surface area (Å²) in [4.78, 5) is 22.1. The Morgan fingerprint density at radius 2 is 1.91 bits per heavy atom. The van der Waals surface area contributed by atoms with Crippen LogP contribution in [0.25, 0.3) is 11.1 Å². The smallest absolute Gasteiger partial charge is 0.251 e. The van der Waals surface area contributed by atoms with Crippen LogP contribution >= 0.6 is 0 Å². The largest absolute Gasteiger partial charge is 0.378 e. The number of hydrogen-bond acceptors (Lipinski definition) is 4. The number of ether oxygens (including phenoxy) is 1. The number of guanidine groups is 1. The molecule has 2 aliphatic heterocycles. The molecule has 2 atom stereocenters. The van der Waals surface area contributed by atoms with Crippen LogP contribution in [0.2, 0.25) is 0 Å². The van der Waals surface area contributed by atoms with E-state index in [-0.39, 0.29) is 5.91 Å². The summed E-state index contributed by atoms with van der Waals surface area (Å²) in [7, 11) is 2.08. The van der Waals surface area contributed by atoms with Gasteiger partial charge in [-0.3, -0.25) is 14.7 Å². The summed E-state index contributed by atoms with van der Waals surface area (Å²) < 4.78 is 5.64. The lowest BCUT2D eigenvalue weighted by Gasteiger charge is -2.38. The summed E-state index contributed by atoms with van der Waals surface area (Å²) in [5.74, 6) is 0.934. The van der Waals surface area contributed by atoms with Crippen molar-refractivity contribution in [3.63, 3.8) is 0 Å². The molecule has 35 heavy (non-hydrogen) atoms. The average Bonchev–Trinajstić information content (AvgIpc) is 3.65. The molecule has 0 spiro atoms. The molecule has 186 valence electrons. The van der Waals surface area contributed by atoms with Crippen LogP contribution in [0.5, 0.6) is 0 Å². The number of nitrogens with zero attached hydrogens (tertiary/aromatic N) is 3. The normalized spacial score (nSPS) is 23.7. The van der Waals surface area contributed by atoms with Crippen LogP contribution in [0.15, 0.2) is 41.4 Å². The number of benzene rings is 2. The van der Waals surface area contributed by atoms with E-state index in [2.05, 4.69) is 66.5 Å². The average molecular weight is 476 g/mol. The first-order chi connectivity index (χ1) is 16.9. The minimum absolute atomic E-state index is 0.0230. The number of carbonyl (C=O) groups excluding carboxylic acids is 1. The fraction of sp³-hybridized carbons (Fsp3) is 0.500. The van der Waals surface area contributed by atoms with Crippen LogP contribution in [-0.4, -0.2) is 73.1 Å². The molecule has 5 rings (SSSR count). The lowest BCUT2D eigenvalue weighted by Crippen LogP contribution is -2.50. The third-order valence-electron chi connectivity index (χ3n) is 7.31. The van der Waals surface area contributed by atoms with Crippen LogP contribution in [0, 0.1) is 6.92 Å². The highest BCUT2D eigenvalue weighted by Gasteiger charge is 2.26. The van der Waals surface area contributed by atoms with Gasteiger partial charge in [0.1, 0.15) is 0 Å². The molecule has 2 aromatic carbocycles. The third-order valence-corrected chi connectivity index (χ3v) is 7.31. The first-order valence-corrected chi connectivity index (χ1v) is 12.8. The maximum Gasteiger partial charge on any atom is 0.251 e. The highest BCUT2D eigenvalue weighted by Crippen LogP contribution is 2.31. The number of aryl methyl sites for hydroxylation is 1. The number of amides is 1. The van der Waals surface area contributed by atoms with Gasteiger partial charge in [-0.2, -0.15) is 0 Å². The molecular weight excluding hydrogens is 438 g/mol. The number of nitrogens with one attached hydrogen (secondary N) is 2. The molecule has 7 heteroatoms. The molecule has 1 amide bonds. The van der Waals surface area contributed by atoms with Crippen molar-refractivity contribution in [2.75, 3.05) is 38.7 Å². The van der Waals surface area contributed by atoms with Crippen molar-refractivity contribution in [1.29, 1.82) is 0 Å². The Bertz CT molecular complexity index is 1120. The summed E-state index contributed by atoms with van der Waals surface area (Å²) in [6.45, 7) is 10.6. The fourth-order valence-corrected chi connectivity index (χ4v) is 5.04. The Kier molecular flexibility index (Phi) is 6.80. The Morgan fingerprint density at radius 3 is 2.66 bits per heavy atom. The zero-order chi connectivity index (χ0) is 24.5. The monoisotopic (exact) mass is 475 g/mol. The Morgan fingerprint density at radius 1 is 1.14 bits per heavy atom. The van der Waals surface area contributed by atoms with Crippen LogP contribution in [0.1, 0.15) is 48.2 Å². The molecule has 2 unspecified atom stereocenters. The fourth-order valence-electron chi connectivity index (χ4n) is 5.04. The van der Waals surface area contributed by atoms with Crippen molar-refractivity contribution in [2.24, 2.45) is 4.99 Å². The molecule has 1 saturated heterocycles. The molecule has 1 aliphatic carbocycles. The molecule has 0 bridgehead atoms. The predicted molar refractivity (Wildman–Crippen MR) is 141 cm³/mol. The van der Waals surface area contributed by atoms with Gasteiger partial charge in [0.05, 0.1) is 19.8 Å². The van der Waals surface area contributed by atoms with Crippen molar-refractivity contribution in [3.8, 4) is 11.1 Å². The maximum absolute atomic E-state index is 12.6. The molecule has 1 saturated carbocycles. The summed E-state index contributed by atoms with van der Waals surface area (Å²) >= 11 is 0. The Balaban J connectivity index is 1.29. The van der Waals surface area contributed by atoms with Crippen molar-refractivity contribution in [3.05, 3.63) is 53.1 Å². The van der Waals surface area contributed by atoms with E-state index in [1.807, 2.05) is 18.2 Å². The van der Waals surface area contributed by atoms with Crippen LogP contribution in [-0.2, 0) is 11.3 Å². The van der Waals surface area contributed by atoms with Gasteiger partial charge < -0.3 is 20.3 Å². The minimum atomic E-state index is 0.0230. The Hall–Kier alpha value is -2.90. The number of anilines is 1. The number of aliphatic imine (C=N–C) groups is 1. The second kappa shape index (κ2) is 9.99. The van der Waals surface area contributed by atoms with Crippen LogP contribution in [0.4, 0.5) is 5.69 Å². The summed E-state index contributed by atoms with van der Waals surface area (Å²) in [6.07, 6.45) is 2.18. The predicted octanol–water partition coefficient (Wildman–Crippen LogP) is 3.88. The van der Waals surface area contributed by atoms with Crippen LogP contribution < -0.4 is 10.6 Å². The quantitative estimate of drug-likeness (QED) is 0.664. The molecule has 2 aromatic rings. The molecule has 3 aliphatic rings. The molecule has 0 aromatic heterocycles.